The lowest BCUT2D eigenvalue weighted by Crippen LogP contribution is -1.98. The molecule has 0 radical (unpaired) electrons. The summed E-state index contributed by atoms with van der Waals surface area (Å²) in [7, 11) is 0. The van der Waals surface area contributed by atoms with E-state index in [0.717, 1.165) is 0 Å². The average molecular weight is 212 g/mol. The van der Waals surface area contributed by atoms with Gasteiger partial charge in [-0.15, -0.1) is 0 Å². The third-order valence-electron chi connectivity index (χ3n) is 3.03. The van der Waals surface area contributed by atoms with Gasteiger partial charge in [0.05, 0.1) is 0 Å². The minimum atomic E-state index is 0.313. The Balaban J connectivity index is 2.41. The van der Waals surface area contributed by atoms with Gasteiger partial charge in [-0.3, -0.25) is 0 Å². The van der Waals surface area contributed by atoms with Gasteiger partial charge in [-0.25, -0.2) is 0 Å². The van der Waals surface area contributed by atoms with Gasteiger partial charge in [0, 0.05) is 5.92 Å². The summed E-state index contributed by atoms with van der Waals surface area (Å²) in [5, 5.41) is 9.53. The zero-order chi connectivity index (χ0) is 11.5. The van der Waals surface area contributed by atoms with Crippen LogP contribution in [-0.4, -0.2) is 5.11 Å². The molecule has 1 atom stereocenters. The Labute approximate surface area is 96.4 Å². The van der Waals surface area contributed by atoms with Crippen LogP contribution in [0.25, 0.3) is 0 Å². The fourth-order valence-corrected chi connectivity index (χ4v) is 2.02. The summed E-state index contributed by atoms with van der Waals surface area (Å²) in [4.78, 5) is 0. The van der Waals surface area contributed by atoms with Crippen molar-refractivity contribution >= 4 is 0 Å². The fraction of sp³-hybridized carbons (Fsp3) is 0.200. The second-order valence-corrected chi connectivity index (χ2v) is 4.17. The molecule has 0 spiro atoms. The molecule has 0 aliphatic rings. The lowest BCUT2D eigenvalue weighted by atomic mass is 9.90. The molecule has 0 aromatic heterocycles. The highest BCUT2D eigenvalue weighted by molar-refractivity contribution is 5.40. The molecule has 1 unspecified atom stereocenters. The van der Waals surface area contributed by atoms with E-state index >= 15 is 0 Å². The highest BCUT2D eigenvalue weighted by Crippen LogP contribution is 2.28. The zero-order valence-corrected chi connectivity index (χ0v) is 9.64. The molecule has 1 N–H and O–H groups in total. The molecular weight excluding hydrogens is 196 g/mol. The van der Waals surface area contributed by atoms with Crippen molar-refractivity contribution in [1.29, 1.82) is 0 Å². The number of benzene rings is 2. The standard InChI is InChI=1S/C15H16O/c1-11-8-9-14(16)10-15(11)12(2)13-6-4-3-5-7-13/h3-10,12,16H,1-2H3. The maximum absolute atomic E-state index is 9.53. The lowest BCUT2D eigenvalue weighted by Gasteiger charge is -2.15. The zero-order valence-electron chi connectivity index (χ0n) is 9.64. The molecule has 2 aromatic carbocycles. The van der Waals surface area contributed by atoms with Crippen molar-refractivity contribution in [1.82, 2.24) is 0 Å². The van der Waals surface area contributed by atoms with Crippen LogP contribution in [0.2, 0.25) is 0 Å². The molecule has 0 aliphatic carbocycles. The molecule has 0 saturated heterocycles. The smallest absolute Gasteiger partial charge is 0.115 e. The first-order chi connectivity index (χ1) is 7.68. The first-order valence-electron chi connectivity index (χ1n) is 5.53. The van der Waals surface area contributed by atoms with E-state index in [4.69, 9.17) is 0 Å². The minimum Gasteiger partial charge on any atom is -0.508 e. The van der Waals surface area contributed by atoms with Crippen molar-refractivity contribution in [2.45, 2.75) is 19.8 Å². The fourth-order valence-electron chi connectivity index (χ4n) is 2.02. The van der Waals surface area contributed by atoms with Crippen LogP contribution in [0.4, 0.5) is 0 Å². The van der Waals surface area contributed by atoms with Crippen LogP contribution in [0.5, 0.6) is 5.75 Å². The largest absolute Gasteiger partial charge is 0.508 e. The monoisotopic (exact) mass is 212 g/mol. The number of aromatic hydroxyl groups is 1. The highest BCUT2D eigenvalue weighted by Gasteiger charge is 2.10. The SMILES string of the molecule is Cc1ccc(O)cc1C(C)c1ccccc1. The maximum Gasteiger partial charge on any atom is 0.115 e. The van der Waals surface area contributed by atoms with Gasteiger partial charge in [0.2, 0.25) is 0 Å². The Kier molecular flexibility index (Phi) is 2.95. The highest BCUT2D eigenvalue weighted by atomic mass is 16.3. The molecule has 82 valence electrons. The van der Waals surface area contributed by atoms with Crippen molar-refractivity contribution in [2.24, 2.45) is 0 Å². The minimum absolute atomic E-state index is 0.313. The lowest BCUT2D eigenvalue weighted by molar-refractivity contribution is 0.474. The van der Waals surface area contributed by atoms with Crippen molar-refractivity contribution in [3.05, 3.63) is 65.2 Å². The molecule has 1 nitrogen and oxygen atoms in total. The summed E-state index contributed by atoms with van der Waals surface area (Å²) in [5.74, 6) is 0.650. The van der Waals surface area contributed by atoms with Crippen LogP contribution in [0, 0.1) is 6.92 Å². The van der Waals surface area contributed by atoms with E-state index in [0.29, 0.717) is 11.7 Å². The van der Waals surface area contributed by atoms with Gasteiger partial charge in [0.1, 0.15) is 5.75 Å². The van der Waals surface area contributed by atoms with Crippen LogP contribution >= 0.6 is 0 Å². The molecule has 0 saturated carbocycles. The molecule has 0 amide bonds. The Morgan fingerprint density at radius 3 is 2.38 bits per heavy atom. The van der Waals surface area contributed by atoms with Crippen molar-refractivity contribution in [3.8, 4) is 5.75 Å². The number of phenolic OH excluding ortho intramolecular Hbond substituents is 1. The molecule has 2 rings (SSSR count). The number of aryl methyl sites for hydroxylation is 1. The van der Waals surface area contributed by atoms with E-state index in [2.05, 4.69) is 26.0 Å². The van der Waals surface area contributed by atoms with Crippen molar-refractivity contribution < 1.29 is 5.11 Å². The molecule has 0 bridgehead atoms. The van der Waals surface area contributed by atoms with Crippen LogP contribution in [0.15, 0.2) is 48.5 Å². The van der Waals surface area contributed by atoms with E-state index in [1.54, 1.807) is 6.07 Å². The predicted molar refractivity (Wildman–Crippen MR) is 66.8 cm³/mol. The molecule has 16 heavy (non-hydrogen) atoms. The van der Waals surface area contributed by atoms with Gasteiger partial charge < -0.3 is 5.11 Å². The van der Waals surface area contributed by atoms with Gasteiger partial charge in [0.25, 0.3) is 0 Å². The predicted octanol–water partition coefficient (Wildman–Crippen LogP) is 3.85. The van der Waals surface area contributed by atoms with Crippen molar-refractivity contribution in [3.63, 3.8) is 0 Å². The van der Waals surface area contributed by atoms with Gasteiger partial charge in [-0.1, -0.05) is 43.3 Å². The van der Waals surface area contributed by atoms with Crippen LogP contribution < -0.4 is 0 Å². The summed E-state index contributed by atoms with van der Waals surface area (Å²) >= 11 is 0. The first kappa shape index (κ1) is 10.7. The summed E-state index contributed by atoms with van der Waals surface area (Å²) in [5.41, 5.74) is 3.68. The van der Waals surface area contributed by atoms with Gasteiger partial charge in [-0.05, 0) is 35.7 Å². The quantitative estimate of drug-likeness (QED) is 0.801. The third-order valence-corrected chi connectivity index (χ3v) is 3.03. The number of phenols is 1. The van der Waals surface area contributed by atoms with E-state index in [-0.39, 0.29) is 0 Å². The molecule has 0 heterocycles. The second kappa shape index (κ2) is 4.40. The normalized spacial score (nSPS) is 12.4. The topological polar surface area (TPSA) is 20.2 Å². The first-order valence-corrected chi connectivity index (χ1v) is 5.53. The van der Waals surface area contributed by atoms with E-state index < -0.39 is 0 Å². The number of rotatable bonds is 2. The van der Waals surface area contributed by atoms with Gasteiger partial charge >= 0.3 is 0 Å². The average Bonchev–Trinajstić information content (AvgIpc) is 2.32. The molecule has 2 aromatic rings. The summed E-state index contributed by atoms with van der Waals surface area (Å²) in [6, 6.07) is 15.9. The molecule has 0 fully saturated rings. The molecule has 0 aliphatic heterocycles. The van der Waals surface area contributed by atoms with E-state index in [1.165, 1.54) is 16.7 Å². The summed E-state index contributed by atoms with van der Waals surface area (Å²) < 4.78 is 0. The number of hydrogen-bond donors (Lipinski definition) is 1. The molecule has 1 heteroatoms. The Morgan fingerprint density at radius 2 is 1.69 bits per heavy atom. The Morgan fingerprint density at radius 1 is 1.00 bits per heavy atom. The van der Waals surface area contributed by atoms with Crippen LogP contribution in [0.3, 0.4) is 0 Å². The summed E-state index contributed by atoms with van der Waals surface area (Å²) in [6.45, 7) is 4.24. The van der Waals surface area contributed by atoms with E-state index in [1.807, 2.05) is 30.3 Å². The second-order valence-electron chi connectivity index (χ2n) is 4.17. The van der Waals surface area contributed by atoms with Crippen LogP contribution in [0.1, 0.15) is 29.5 Å². The number of hydrogen-bond acceptors (Lipinski definition) is 1. The van der Waals surface area contributed by atoms with Crippen molar-refractivity contribution in [2.75, 3.05) is 0 Å². The Bertz CT molecular complexity index is 474. The Hall–Kier alpha value is -1.76. The summed E-state index contributed by atoms with van der Waals surface area (Å²) in [6.07, 6.45) is 0. The third kappa shape index (κ3) is 2.08. The maximum atomic E-state index is 9.53. The van der Waals surface area contributed by atoms with Gasteiger partial charge in [-0.2, -0.15) is 0 Å². The van der Waals surface area contributed by atoms with Crippen LogP contribution in [-0.2, 0) is 0 Å². The van der Waals surface area contributed by atoms with E-state index in [9.17, 15) is 5.11 Å². The molecular formula is C15H16O. The van der Waals surface area contributed by atoms with Gasteiger partial charge in [0.15, 0.2) is 0 Å².